The Morgan fingerprint density at radius 3 is 2.35 bits per heavy atom. The van der Waals surface area contributed by atoms with Gasteiger partial charge in [-0.3, -0.25) is 4.79 Å². The molecule has 1 amide bonds. The summed E-state index contributed by atoms with van der Waals surface area (Å²) in [5.74, 6) is 0.454. The van der Waals surface area contributed by atoms with Gasteiger partial charge in [0.25, 0.3) is 5.82 Å². The zero-order valence-electron chi connectivity index (χ0n) is 11.0. The molecule has 0 saturated heterocycles. The average molecular weight is 291 g/mol. The Morgan fingerprint density at radius 1 is 1.05 bits per heavy atom. The maximum atomic E-state index is 12.1. The zero-order valence-corrected chi connectivity index (χ0v) is 11.8. The normalized spacial score (nSPS) is 9.45. The third-order valence-electron chi connectivity index (χ3n) is 2.65. The first-order valence-corrected chi connectivity index (χ1v) is 6.01. The van der Waals surface area contributed by atoms with Crippen molar-refractivity contribution in [3.63, 3.8) is 0 Å². The first-order chi connectivity index (χ1) is 9.16. The number of halogens is 1. The SMILES string of the molecule is CC(=O)Nc1cccc[n+]1CC(=O)c1ccccc1.[Cl-]. The van der Waals surface area contributed by atoms with Crippen LogP contribution in [0.5, 0.6) is 0 Å². The average Bonchev–Trinajstić information content (AvgIpc) is 2.41. The van der Waals surface area contributed by atoms with Crippen LogP contribution in [0.4, 0.5) is 5.82 Å². The molecule has 1 N–H and O–H groups in total. The van der Waals surface area contributed by atoms with E-state index in [9.17, 15) is 9.59 Å². The fourth-order valence-corrected chi connectivity index (χ4v) is 1.78. The van der Waals surface area contributed by atoms with Crippen molar-refractivity contribution in [2.24, 2.45) is 0 Å². The van der Waals surface area contributed by atoms with Gasteiger partial charge in [0.15, 0.2) is 6.54 Å². The molecule has 5 heteroatoms. The number of anilines is 1. The smallest absolute Gasteiger partial charge is 0.304 e. The molecule has 1 heterocycles. The highest BCUT2D eigenvalue weighted by Crippen LogP contribution is 2.03. The number of hydrogen-bond donors (Lipinski definition) is 1. The number of hydrogen-bond acceptors (Lipinski definition) is 2. The van der Waals surface area contributed by atoms with E-state index >= 15 is 0 Å². The third-order valence-corrected chi connectivity index (χ3v) is 2.65. The molecule has 104 valence electrons. The highest BCUT2D eigenvalue weighted by molar-refractivity contribution is 5.95. The van der Waals surface area contributed by atoms with E-state index in [4.69, 9.17) is 0 Å². The van der Waals surface area contributed by atoms with Crippen molar-refractivity contribution in [1.82, 2.24) is 0 Å². The van der Waals surface area contributed by atoms with Crippen LogP contribution in [-0.4, -0.2) is 11.7 Å². The number of aromatic nitrogens is 1. The third kappa shape index (κ3) is 4.17. The van der Waals surface area contributed by atoms with E-state index in [1.165, 1.54) is 6.92 Å². The molecule has 0 atom stereocenters. The molecule has 2 rings (SSSR count). The second-order valence-corrected chi connectivity index (χ2v) is 4.18. The van der Waals surface area contributed by atoms with E-state index in [2.05, 4.69) is 5.32 Å². The monoisotopic (exact) mass is 290 g/mol. The molecule has 0 aliphatic carbocycles. The van der Waals surface area contributed by atoms with E-state index in [-0.39, 0.29) is 30.6 Å². The van der Waals surface area contributed by atoms with E-state index < -0.39 is 0 Å². The van der Waals surface area contributed by atoms with Crippen LogP contribution in [0.2, 0.25) is 0 Å². The van der Waals surface area contributed by atoms with Gasteiger partial charge in [0.1, 0.15) is 0 Å². The zero-order chi connectivity index (χ0) is 13.7. The van der Waals surface area contributed by atoms with Crippen molar-refractivity contribution < 1.29 is 26.6 Å². The Morgan fingerprint density at radius 2 is 1.70 bits per heavy atom. The van der Waals surface area contributed by atoms with Gasteiger partial charge in [0, 0.05) is 18.6 Å². The van der Waals surface area contributed by atoms with Gasteiger partial charge in [-0.25, -0.2) is 14.7 Å². The summed E-state index contributed by atoms with van der Waals surface area (Å²) in [5.41, 5.74) is 0.660. The van der Waals surface area contributed by atoms with Gasteiger partial charge in [0.2, 0.25) is 5.78 Å². The van der Waals surface area contributed by atoms with Gasteiger partial charge in [0.05, 0.1) is 6.20 Å². The minimum atomic E-state index is -0.160. The highest BCUT2D eigenvalue weighted by atomic mass is 35.5. The predicted octanol–water partition coefficient (Wildman–Crippen LogP) is -1.18. The van der Waals surface area contributed by atoms with Crippen LogP contribution < -0.4 is 22.3 Å². The lowest BCUT2D eigenvalue weighted by Gasteiger charge is -2.04. The van der Waals surface area contributed by atoms with Crippen LogP contribution in [0.1, 0.15) is 17.3 Å². The second-order valence-electron chi connectivity index (χ2n) is 4.18. The fraction of sp³-hybridized carbons (Fsp3) is 0.133. The lowest BCUT2D eigenvalue weighted by Crippen LogP contribution is -3.00. The molecule has 0 fully saturated rings. The van der Waals surface area contributed by atoms with Crippen LogP contribution in [0, 0.1) is 0 Å². The number of carbonyl (C=O) groups excluding carboxylic acids is 2. The Kier molecular flexibility index (Phi) is 5.87. The van der Waals surface area contributed by atoms with Crippen molar-refractivity contribution >= 4 is 17.5 Å². The number of pyridine rings is 1. The summed E-state index contributed by atoms with van der Waals surface area (Å²) in [6.07, 6.45) is 1.77. The van der Waals surface area contributed by atoms with E-state index in [0.29, 0.717) is 11.4 Å². The fourth-order valence-electron chi connectivity index (χ4n) is 1.78. The highest BCUT2D eigenvalue weighted by Gasteiger charge is 2.14. The number of benzene rings is 1. The topological polar surface area (TPSA) is 50.1 Å². The second kappa shape index (κ2) is 7.40. The summed E-state index contributed by atoms with van der Waals surface area (Å²) in [7, 11) is 0. The van der Waals surface area contributed by atoms with Crippen LogP contribution in [-0.2, 0) is 11.3 Å². The Bertz CT molecular complexity index is 600. The van der Waals surface area contributed by atoms with Crippen molar-refractivity contribution in [2.75, 3.05) is 5.32 Å². The van der Waals surface area contributed by atoms with Gasteiger partial charge >= 0.3 is 5.91 Å². The predicted molar refractivity (Wildman–Crippen MR) is 71.7 cm³/mol. The van der Waals surface area contributed by atoms with Crippen molar-refractivity contribution in [1.29, 1.82) is 0 Å². The number of nitrogens with zero attached hydrogens (tertiary/aromatic N) is 1. The van der Waals surface area contributed by atoms with Crippen molar-refractivity contribution in [3.8, 4) is 0 Å². The molecule has 1 aromatic heterocycles. The molecule has 0 unspecified atom stereocenters. The summed E-state index contributed by atoms with van der Waals surface area (Å²) in [6.45, 7) is 1.64. The quantitative estimate of drug-likeness (QED) is 0.569. The molecule has 1 aromatic carbocycles. The Labute approximate surface area is 123 Å². The van der Waals surface area contributed by atoms with Gasteiger partial charge in [-0.05, 0) is 6.07 Å². The van der Waals surface area contributed by atoms with Crippen molar-refractivity contribution in [2.45, 2.75) is 13.5 Å². The standard InChI is InChI=1S/C15H14N2O2.ClH/c1-12(18)16-15-9-5-6-10-17(15)11-14(19)13-7-3-2-4-8-13;/h2-10H,11H2,1H3;1H. The molecular weight excluding hydrogens is 276 g/mol. The molecule has 0 radical (unpaired) electrons. The van der Waals surface area contributed by atoms with Crippen molar-refractivity contribution in [3.05, 3.63) is 60.3 Å². The minimum Gasteiger partial charge on any atom is -1.00 e. The number of Topliss-reactive ketones (excluding diaryl/α,β-unsaturated/α-hetero) is 1. The molecule has 20 heavy (non-hydrogen) atoms. The molecule has 0 aliphatic rings. The maximum absolute atomic E-state index is 12.1. The van der Waals surface area contributed by atoms with Gasteiger partial charge in [-0.2, -0.15) is 0 Å². The molecular formula is C15H15ClN2O2. The molecule has 0 saturated carbocycles. The number of nitrogens with one attached hydrogen (secondary N) is 1. The lowest BCUT2D eigenvalue weighted by molar-refractivity contribution is -0.668. The molecule has 0 bridgehead atoms. The van der Waals surface area contributed by atoms with E-state index in [0.717, 1.165) is 0 Å². The summed E-state index contributed by atoms with van der Waals surface area (Å²) < 4.78 is 1.72. The van der Waals surface area contributed by atoms with Gasteiger partial charge < -0.3 is 12.4 Å². The van der Waals surface area contributed by atoms with E-state index in [1.807, 2.05) is 30.3 Å². The molecule has 0 spiro atoms. The van der Waals surface area contributed by atoms with Crippen LogP contribution in [0.15, 0.2) is 54.7 Å². The Hall–Kier alpha value is -2.20. The van der Waals surface area contributed by atoms with E-state index in [1.54, 1.807) is 29.0 Å². The number of ketones is 1. The molecule has 2 aromatic rings. The minimum absolute atomic E-state index is 0. The van der Waals surface area contributed by atoms with Crippen LogP contribution in [0.3, 0.4) is 0 Å². The lowest BCUT2D eigenvalue weighted by atomic mass is 10.1. The number of rotatable bonds is 4. The summed E-state index contributed by atoms with van der Waals surface area (Å²) >= 11 is 0. The van der Waals surface area contributed by atoms with Crippen LogP contribution in [0.25, 0.3) is 0 Å². The number of carbonyl (C=O) groups is 2. The largest absolute Gasteiger partial charge is 1.00 e. The summed E-state index contributed by atoms with van der Waals surface area (Å²) in [6, 6.07) is 14.5. The van der Waals surface area contributed by atoms with Crippen LogP contribution >= 0.6 is 0 Å². The van der Waals surface area contributed by atoms with Gasteiger partial charge in [-0.15, -0.1) is 0 Å². The first kappa shape index (κ1) is 15.9. The Balaban J connectivity index is 0.00000200. The number of amides is 1. The summed E-state index contributed by atoms with van der Waals surface area (Å²) in [5, 5.41) is 2.70. The molecule has 4 nitrogen and oxygen atoms in total. The van der Waals surface area contributed by atoms with Gasteiger partial charge in [-0.1, -0.05) is 36.4 Å². The molecule has 0 aliphatic heterocycles. The maximum Gasteiger partial charge on any atom is 0.304 e. The first-order valence-electron chi connectivity index (χ1n) is 6.01. The summed E-state index contributed by atoms with van der Waals surface area (Å²) in [4.78, 5) is 23.2.